The summed E-state index contributed by atoms with van der Waals surface area (Å²) in [6, 6.07) is 2.84. The lowest BCUT2D eigenvalue weighted by atomic mass is 9.99. The van der Waals surface area contributed by atoms with E-state index in [0.717, 1.165) is 0 Å². The number of nitro benzene ring substituents is 2. The van der Waals surface area contributed by atoms with Crippen LogP contribution in [0.2, 0.25) is 0 Å². The van der Waals surface area contributed by atoms with Gasteiger partial charge in [0.2, 0.25) is 11.6 Å². The van der Waals surface area contributed by atoms with Crippen LogP contribution in [0, 0.1) is 31.9 Å². The van der Waals surface area contributed by atoms with Crippen LogP contribution in [0.5, 0.6) is 0 Å². The van der Waals surface area contributed by atoms with Gasteiger partial charge in [0, 0.05) is 23.3 Å². The minimum atomic E-state index is -3.92. The van der Waals surface area contributed by atoms with E-state index in [1.165, 1.54) is 0 Å². The zero-order valence-corrected chi connectivity index (χ0v) is 11.0. The summed E-state index contributed by atoms with van der Waals surface area (Å²) < 4.78 is 55.1. The molecule has 0 radical (unpaired) electrons. The molecule has 0 aromatic heterocycles. The summed E-state index contributed by atoms with van der Waals surface area (Å²) in [5, 5.41) is 21.2. The van der Waals surface area contributed by atoms with Gasteiger partial charge in [-0.2, -0.15) is 17.6 Å². The van der Waals surface area contributed by atoms with E-state index in [0.29, 0.717) is 36.4 Å². The van der Waals surface area contributed by atoms with E-state index >= 15 is 0 Å². The van der Waals surface area contributed by atoms with Crippen LogP contribution in [0.25, 0.3) is 0 Å². The summed E-state index contributed by atoms with van der Waals surface area (Å²) >= 11 is 0. The van der Waals surface area contributed by atoms with Gasteiger partial charge in [0.1, 0.15) is 0 Å². The molecule has 0 amide bonds. The Labute approximate surface area is 125 Å². The molecule has 0 unspecified atom stereocenters. The molecule has 0 aliphatic carbocycles. The van der Waals surface area contributed by atoms with E-state index in [1.54, 1.807) is 0 Å². The zero-order valence-electron chi connectivity index (χ0n) is 11.0. The molecule has 2 rings (SSSR count). The molecular weight excluding hydrogens is 324 g/mol. The van der Waals surface area contributed by atoms with Crippen molar-refractivity contribution >= 4 is 11.4 Å². The fraction of sp³-hybridized carbons (Fsp3) is 0.0769. The predicted octanol–water partition coefficient (Wildman–Crippen LogP) is 3.92. The van der Waals surface area contributed by atoms with E-state index in [9.17, 15) is 37.8 Å². The standard InChI is InChI=1S/C13H6F4N2O4/c14-9-3-1-7(5-11(9)18(20)21)13(16,17)8-2-4-10(15)12(6-8)19(22)23/h1-6H. The summed E-state index contributed by atoms with van der Waals surface area (Å²) in [7, 11) is 0. The lowest BCUT2D eigenvalue weighted by Gasteiger charge is -2.17. The highest BCUT2D eigenvalue weighted by atomic mass is 19.3. The number of hydrogen-bond acceptors (Lipinski definition) is 4. The number of benzene rings is 2. The molecule has 0 atom stereocenters. The van der Waals surface area contributed by atoms with Gasteiger partial charge in [-0.05, 0) is 24.3 Å². The van der Waals surface area contributed by atoms with Gasteiger partial charge in [-0.25, -0.2) is 0 Å². The first-order valence-electron chi connectivity index (χ1n) is 5.91. The fourth-order valence-corrected chi connectivity index (χ4v) is 1.86. The van der Waals surface area contributed by atoms with Gasteiger partial charge in [0.05, 0.1) is 9.85 Å². The molecule has 0 aliphatic rings. The highest BCUT2D eigenvalue weighted by Gasteiger charge is 2.37. The van der Waals surface area contributed by atoms with Gasteiger partial charge in [0.25, 0.3) is 5.92 Å². The molecule has 2 aromatic rings. The maximum Gasteiger partial charge on any atom is 0.305 e. The molecular formula is C13H6F4N2O4. The van der Waals surface area contributed by atoms with E-state index in [4.69, 9.17) is 0 Å². The minimum absolute atomic E-state index is 0.324. The third-order valence-electron chi connectivity index (χ3n) is 3.01. The third kappa shape index (κ3) is 2.96. The summed E-state index contributed by atoms with van der Waals surface area (Å²) in [6.45, 7) is 0. The number of nitro groups is 2. The van der Waals surface area contributed by atoms with Crippen molar-refractivity contribution in [2.24, 2.45) is 0 Å². The van der Waals surface area contributed by atoms with Crippen LogP contribution in [-0.4, -0.2) is 9.85 Å². The Kier molecular flexibility index (Phi) is 4.00. The molecule has 0 aliphatic heterocycles. The highest BCUT2D eigenvalue weighted by molar-refractivity contribution is 5.45. The van der Waals surface area contributed by atoms with Crippen molar-refractivity contribution in [3.05, 3.63) is 79.4 Å². The van der Waals surface area contributed by atoms with Gasteiger partial charge in [-0.1, -0.05) is 0 Å². The van der Waals surface area contributed by atoms with E-state index in [-0.39, 0.29) is 0 Å². The first-order valence-corrected chi connectivity index (χ1v) is 5.91. The van der Waals surface area contributed by atoms with Crippen LogP contribution >= 0.6 is 0 Å². The topological polar surface area (TPSA) is 86.3 Å². The monoisotopic (exact) mass is 330 g/mol. The molecule has 120 valence electrons. The fourth-order valence-electron chi connectivity index (χ4n) is 1.86. The molecule has 0 saturated carbocycles. The Bertz CT molecular complexity index is 745. The van der Waals surface area contributed by atoms with Gasteiger partial charge in [-0.3, -0.25) is 20.2 Å². The Morgan fingerprint density at radius 1 is 0.783 bits per heavy atom. The molecule has 0 fully saturated rings. The second-order valence-electron chi connectivity index (χ2n) is 4.42. The smallest absolute Gasteiger partial charge is 0.258 e. The average molecular weight is 330 g/mol. The van der Waals surface area contributed by atoms with Crippen LogP contribution < -0.4 is 0 Å². The number of halogens is 4. The van der Waals surface area contributed by atoms with Gasteiger partial charge in [-0.15, -0.1) is 0 Å². The van der Waals surface area contributed by atoms with Crippen LogP contribution in [0.3, 0.4) is 0 Å². The van der Waals surface area contributed by atoms with Gasteiger partial charge in [0.15, 0.2) is 0 Å². The largest absolute Gasteiger partial charge is 0.305 e. The van der Waals surface area contributed by atoms with Crippen molar-refractivity contribution in [2.45, 2.75) is 5.92 Å². The average Bonchev–Trinajstić information content (AvgIpc) is 2.47. The summed E-state index contributed by atoms with van der Waals surface area (Å²) in [5.74, 6) is -6.53. The molecule has 23 heavy (non-hydrogen) atoms. The third-order valence-corrected chi connectivity index (χ3v) is 3.01. The van der Waals surface area contributed by atoms with Crippen molar-refractivity contribution in [3.8, 4) is 0 Å². The van der Waals surface area contributed by atoms with E-state index < -0.39 is 49.9 Å². The van der Waals surface area contributed by atoms with Crippen LogP contribution in [0.15, 0.2) is 36.4 Å². The first kappa shape index (κ1) is 16.3. The second-order valence-corrected chi connectivity index (χ2v) is 4.42. The molecule has 0 spiro atoms. The summed E-state index contributed by atoms with van der Waals surface area (Å²) in [4.78, 5) is 18.9. The number of nitrogens with zero attached hydrogens (tertiary/aromatic N) is 2. The minimum Gasteiger partial charge on any atom is -0.258 e. The normalized spacial score (nSPS) is 11.3. The van der Waals surface area contributed by atoms with Crippen LogP contribution in [0.4, 0.5) is 28.9 Å². The molecule has 0 heterocycles. The number of hydrogen-bond donors (Lipinski definition) is 0. The Hall–Kier alpha value is -3.04. The van der Waals surface area contributed by atoms with Crippen molar-refractivity contribution < 1.29 is 27.4 Å². The Balaban J connectivity index is 2.58. The molecule has 0 saturated heterocycles. The Morgan fingerprint density at radius 3 is 1.43 bits per heavy atom. The highest BCUT2D eigenvalue weighted by Crippen LogP contribution is 2.39. The predicted molar refractivity (Wildman–Crippen MR) is 69.1 cm³/mol. The molecule has 0 N–H and O–H groups in total. The number of alkyl halides is 2. The van der Waals surface area contributed by atoms with Crippen LogP contribution in [0.1, 0.15) is 11.1 Å². The molecule has 6 nitrogen and oxygen atoms in total. The van der Waals surface area contributed by atoms with Crippen molar-refractivity contribution in [2.75, 3.05) is 0 Å². The van der Waals surface area contributed by atoms with E-state index in [2.05, 4.69) is 0 Å². The van der Waals surface area contributed by atoms with Gasteiger partial charge >= 0.3 is 11.4 Å². The Morgan fingerprint density at radius 2 is 1.13 bits per heavy atom. The van der Waals surface area contributed by atoms with Crippen molar-refractivity contribution in [3.63, 3.8) is 0 Å². The lowest BCUT2D eigenvalue weighted by Crippen LogP contribution is -2.16. The summed E-state index contributed by atoms with van der Waals surface area (Å²) in [5.41, 5.74) is -4.24. The quantitative estimate of drug-likeness (QED) is 0.483. The maximum atomic E-state index is 14.3. The van der Waals surface area contributed by atoms with Crippen LogP contribution in [-0.2, 0) is 5.92 Å². The lowest BCUT2D eigenvalue weighted by molar-refractivity contribution is -0.387. The van der Waals surface area contributed by atoms with Crippen molar-refractivity contribution in [1.82, 2.24) is 0 Å². The second kappa shape index (κ2) is 5.63. The molecule has 0 bridgehead atoms. The number of rotatable bonds is 4. The van der Waals surface area contributed by atoms with Gasteiger partial charge < -0.3 is 0 Å². The van der Waals surface area contributed by atoms with E-state index in [1.807, 2.05) is 0 Å². The first-order chi connectivity index (χ1) is 10.6. The SMILES string of the molecule is O=[N+]([O-])c1cc(C(F)(F)c2ccc(F)c([N+](=O)[O-])c2)ccc1F. The molecule has 2 aromatic carbocycles. The maximum absolute atomic E-state index is 14.3. The van der Waals surface area contributed by atoms with Crippen molar-refractivity contribution in [1.29, 1.82) is 0 Å². The molecule has 10 heteroatoms. The zero-order chi connectivity index (χ0) is 17.4. The summed E-state index contributed by atoms with van der Waals surface area (Å²) in [6.07, 6.45) is 0.